The third-order valence-corrected chi connectivity index (χ3v) is 2.99. The number of ether oxygens (including phenoxy) is 1. The maximum absolute atomic E-state index is 11.7. The largest absolute Gasteiger partial charge is 0.465 e. The van der Waals surface area contributed by atoms with Crippen LogP contribution in [0.3, 0.4) is 0 Å². The van der Waals surface area contributed by atoms with E-state index in [-0.39, 0.29) is 5.97 Å². The van der Waals surface area contributed by atoms with Crippen LogP contribution in [-0.2, 0) is 4.74 Å². The first-order valence-corrected chi connectivity index (χ1v) is 5.22. The topological polar surface area (TPSA) is 42.1 Å². The Hall–Kier alpha value is -1.77. The maximum Gasteiger partial charge on any atom is 0.340 e. The summed E-state index contributed by atoms with van der Waals surface area (Å²) in [5.74, 6) is -0.285. The van der Waals surface area contributed by atoms with Crippen molar-refractivity contribution in [3.63, 3.8) is 0 Å². The van der Waals surface area contributed by atoms with Gasteiger partial charge in [0.15, 0.2) is 0 Å². The lowest BCUT2D eigenvalue weighted by molar-refractivity contribution is 0.0602. The molecule has 84 valence electrons. The molecule has 1 N–H and O–H groups in total. The van der Waals surface area contributed by atoms with Crippen molar-refractivity contribution < 1.29 is 9.53 Å². The minimum absolute atomic E-state index is 0.285. The van der Waals surface area contributed by atoms with E-state index in [1.54, 1.807) is 0 Å². The number of fused-ring (bicyclic) bond motifs is 1. The van der Waals surface area contributed by atoms with Gasteiger partial charge in [0.2, 0.25) is 0 Å². The molecule has 0 aliphatic carbocycles. The van der Waals surface area contributed by atoms with Crippen LogP contribution in [0.15, 0.2) is 12.1 Å². The minimum atomic E-state index is -0.285. The number of carbonyl (C=O) groups is 1. The molecular weight excluding hydrogens is 202 g/mol. The van der Waals surface area contributed by atoms with Crippen molar-refractivity contribution in [3.05, 3.63) is 34.5 Å². The molecule has 1 aromatic carbocycles. The molecular formula is C13H15NO2. The molecule has 0 bridgehead atoms. The van der Waals surface area contributed by atoms with Crippen molar-refractivity contribution in [2.75, 3.05) is 7.11 Å². The number of nitrogens with one attached hydrogen (secondary N) is 1. The van der Waals surface area contributed by atoms with Gasteiger partial charge in [0.1, 0.15) is 0 Å². The summed E-state index contributed by atoms with van der Waals surface area (Å²) in [7, 11) is 1.40. The van der Waals surface area contributed by atoms with E-state index < -0.39 is 0 Å². The summed E-state index contributed by atoms with van der Waals surface area (Å²) in [6.45, 7) is 5.98. The smallest absolute Gasteiger partial charge is 0.340 e. The van der Waals surface area contributed by atoms with Gasteiger partial charge in [0.25, 0.3) is 0 Å². The second kappa shape index (κ2) is 3.67. The van der Waals surface area contributed by atoms with E-state index in [9.17, 15) is 4.79 Å². The van der Waals surface area contributed by atoms with Crippen LogP contribution < -0.4 is 0 Å². The molecule has 0 saturated heterocycles. The number of benzene rings is 1. The van der Waals surface area contributed by atoms with E-state index in [2.05, 4.69) is 18.0 Å². The average Bonchev–Trinajstić information content (AvgIpc) is 2.54. The van der Waals surface area contributed by atoms with Gasteiger partial charge in [0.05, 0.1) is 12.7 Å². The second-order valence-corrected chi connectivity index (χ2v) is 4.10. The number of aromatic amines is 1. The molecule has 0 unspecified atom stereocenters. The van der Waals surface area contributed by atoms with E-state index in [0.29, 0.717) is 5.56 Å². The van der Waals surface area contributed by atoms with Gasteiger partial charge in [-0.25, -0.2) is 4.79 Å². The molecule has 3 nitrogen and oxygen atoms in total. The molecule has 3 heteroatoms. The van der Waals surface area contributed by atoms with Crippen molar-refractivity contribution in [2.45, 2.75) is 20.8 Å². The Bertz CT molecular complexity index is 567. The van der Waals surface area contributed by atoms with Gasteiger partial charge in [-0.2, -0.15) is 0 Å². The molecule has 0 radical (unpaired) electrons. The van der Waals surface area contributed by atoms with E-state index in [0.717, 1.165) is 16.6 Å². The SMILES string of the molecule is COC(=O)c1c(C)[nH]c2cc(C)c(C)cc12. The fraction of sp³-hybridized carbons (Fsp3) is 0.308. The van der Waals surface area contributed by atoms with Gasteiger partial charge in [-0.15, -0.1) is 0 Å². The molecule has 0 amide bonds. The minimum Gasteiger partial charge on any atom is -0.465 e. The van der Waals surface area contributed by atoms with Crippen LogP contribution in [0.1, 0.15) is 27.2 Å². The number of rotatable bonds is 1. The quantitative estimate of drug-likeness (QED) is 0.746. The van der Waals surface area contributed by atoms with E-state index >= 15 is 0 Å². The fourth-order valence-electron chi connectivity index (χ4n) is 1.96. The zero-order valence-corrected chi connectivity index (χ0v) is 9.97. The third kappa shape index (κ3) is 1.48. The predicted octanol–water partition coefficient (Wildman–Crippen LogP) is 2.88. The molecule has 1 aromatic heterocycles. The normalized spacial score (nSPS) is 10.8. The number of carbonyl (C=O) groups excluding carboxylic acids is 1. The van der Waals surface area contributed by atoms with Gasteiger partial charge < -0.3 is 9.72 Å². The summed E-state index contributed by atoms with van der Waals surface area (Å²) in [4.78, 5) is 14.9. The Morgan fingerprint density at radius 3 is 2.44 bits per heavy atom. The first-order valence-electron chi connectivity index (χ1n) is 5.22. The number of hydrogen-bond donors (Lipinski definition) is 1. The van der Waals surface area contributed by atoms with Crippen LogP contribution in [0.4, 0.5) is 0 Å². The molecule has 0 saturated carbocycles. The number of esters is 1. The Balaban J connectivity index is 2.79. The highest BCUT2D eigenvalue weighted by Gasteiger charge is 2.16. The molecule has 2 aromatic rings. The van der Waals surface area contributed by atoms with Crippen molar-refractivity contribution >= 4 is 16.9 Å². The van der Waals surface area contributed by atoms with Crippen LogP contribution in [0.25, 0.3) is 10.9 Å². The Morgan fingerprint density at radius 1 is 1.19 bits per heavy atom. The zero-order valence-electron chi connectivity index (χ0n) is 9.97. The number of methoxy groups -OCH3 is 1. The molecule has 2 rings (SSSR count). The Morgan fingerprint density at radius 2 is 1.81 bits per heavy atom. The van der Waals surface area contributed by atoms with Crippen molar-refractivity contribution in [1.29, 1.82) is 0 Å². The summed E-state index contributed by atoms with van der Waals surface area (Å²) >= 11 is 0. The van der Waals surface area contributed by atoms with Crippen molar-refractivity contribution in [1.82, 2.24) is 4.98 Å². The first-order chi connectivity index (χ1) is 7.54. The first kappa shape index (κ1) is 10.7. The molecule has 0 aliphatic heterocycles. The lowest BCUT2D eigenvalue weighted by atomic mass is 10.0. The van der Waals surface area contributed by atoms with Crippen LogP contribution in [-0.4, -0.2) is 18.1 Å². The highest BCUT2D eigenvalue weighted by molar-refractivity contribution is 6.05. The summed E-state index contributed by atoms with van der Waals surface area (Å²) in [5.41, 5.74) is 4.87. The van der Waals surface area contributed by atoms with Crippen molar-refractivity contribution in [3.8, 4) is 0 Å². The van der Waals surface area contributed by atoms with Gasteiger partial charge in [-0.3, -0.25) is 0 Å². The third-order valence-electron chi connectivity index (χ3n) is 2.99. The summed E-state index contributed by atoms with van der Waals surface area (Å²) in [6, 6.07) is 4.09. The number of aromatic nitrogens is 1. The average molecular weight is 217 g/mol. The molecule has 0 fully saturated rings. The van der Waals surface area contributed by atoms with Crippen molar-refractivity contribution in [2.24, 2.45) is 0 Å². The second-order valence-electron chi connectivity index (χ2n) is 4.10. The summed E-state index contributed by atoms with van der Waals surface area (Å²) < 4.78 is 4.79. The van der Waals surface area contributed by atoms with Crippen LogP contribution in [0, 0.1) is 20.8 Å². The Labute approximate surface area is 94.4 Å². The lowest BCUT2D eigenvalue weighted by Gasteiger charge is -2.01. The fourth-order valence-corrected chi connectivity index (χ4v) is 1.96. The Kier molecular flexibility index (Phi) is 2.46. The van der Waals surface area contributed by atoms with Gasteiger partial charge in [-0.1, -0.05) is 0 Å². The van der Waals surface area contributed by atoms with Crippen LogP contribution >= 0.6 is 0 Å². The van der Waals surface area contributed by atoms with Gasteiger partial charge in [-0.05, 0) is 44.0 Å². The van der Waals surface area contributed by atoms with Gasteiger partial charge >= 0.3 is 5.97 Å². The molecule has 0 atom stereocenters. The van der Waals surface area contributed by atoms with E-state index in [1.165, 1.54) is 18.2 Å². The highest BCUT2D eigenvalue weighted by Crippen LogP contribution is 2.25. The standard InChI is InChI=1S/C13H15NO2/c1-7-5-10-11(6-8(7)2)14-9(3)12(10)13(15)16-4/h5-6,14H,1-4H3. The molecule has 1 heterocycles. The van der Waals surface area contributed by atoms with Crippen LogP contribution in [0.2, 0.25) is 0 Å². The number of aryl methyl sites for hydroxylation is 3. The maximum atomic E-state index is 11.7. The summed E-state index contributed by atoms with van der Waals surface area (Å²) in [5, 5.41) is 0.937. The number of hydrogen-bond acceptors (Lipinski definition) is 2. The predicted molar refractivity (Wildman–Crippen MR) is 63.8 cm³/mol. The monoisotopic (exact) mass is 217 g/mol. The summed E-state index contributed by atoms with van der Waals surface area (Å²) in [6.07, 6.45) is 0. The number of H-pyrrole nitrogens is 1. The highest BCUT2D eigenvalue weighted by atomic mass is 16.5. The van der Waals surface area contributed by atoms with E-state index in [4.69, 9.17) is 4.74 Å². The van der Waals surface area contributed by atoms with Gasteiger partial charge in [0, 0.05) is 16.6 Å². The zero-order chi connectivity index (χ0) is 11.9. The molecule has 0 aliphatic rings. The van der Waals surface area contributed by atoms with Crippen LogP contribution in [0.5, 0.6) is 0 Å². The molecule has 16 heavy (non-hydrogen) atoms. The van der Waals surface area contributed by atoms with E-state index in [1.807, 2.05) is 19.9 Å². The molecule has 0 spiro atoms. The lowest BCUT2D eigenvalue weighted by Crippen LogP contribution is -2.02.